The fourth-order valence-electron chi connectivity index (χ4n) is 5.76. The molecule has 0 N–H and O–H groups in total. The number of nitrogens with zero attached hydrogens (tertiary/aromatic N) is 3. The number of para-hydroxylation sites is 1. The third-order valence-electron chi connectivity index (χ3n) is 7.93. The topological polar surface area (TPSA) is 68.3 Å². The van der Waals surface area contributed by atoms with Crippen LogP contribution in [0.25, 0.3) is 16.6 Å². The summed E-state index contributed by atoms with van der Waals surface area (Å²) in [6, 6.07) is 18.9. The Morgan fingerprint density at radius 3 is 2.50 bits per heavy atom. The predicted octanol–water partition coefficient (Wildman–Crippen LogP) is 6.99. The highest BCUT2D eigenvalue weighted by molar-refractivity contribution is 5.79. The zero-order valence-corrected chi connectivity index (χ0v) is 22.4. The average molecular weight is 512 g/mol. The van der Waals surface area contributed by atoms with Gasteiger partial charge in [0.05, 0.1) is 35.4 Å². The number of furan rings is 1. The number of aromatic nitrogens is 2. The van der Waals surface area contributed by atoms with Crippen LogP contribution in [-0.4, -0.2) is 20.4 Å². The van der Waals surface area contributed by atoms with Crippen molar-refractivity contribution in [2.75, 3.05) is 0 Å². The van der Waals surface area contributed by atoms with Crippen molar-refractivity contribution in [3.8, 4) is 5.69 Å². The highest BCUT2D eigenvalue weighted by atomic mass is 16.3. The van der Waals surface area contributed by atoms with Gasteiger partial charge in [0.1, 0.15) is 11.6 Å². The van der Waals surface area contributed by atoms with Crippen LogP contribution in [0.5, 0.6) is 0 Å². The van der Waals surface area contributed by atoms with Crippen LogP contribution in [0, 0.1) is 5.92 Å². The van der Waals surface area contributed by atoms with E-state index in [4.69, 9.17) is 9.40 Å². The number of aryl methyl sites for hydroxylation is 1. The van der Waals surface area contributed by atoms with Gasteiger partial charge in [0.2, 0.25) is 5.91 Å². The van der Waals surface area contributed by atoms with Gasteiger partial charge >= 0.3 is 0 Å². The Labute approximate surface area is 224 Å². The molecule has 0 saturated heterocycles. The van der Waals surface area contributed by atoms with Crippen LogP contribution < -0.4 is 5.56 Å². The standard InChI is InChI=1S/C32H37N3O3/c1-3-23-15-18-25(19-16-23)35-31(33-28-14-8-7-13-27(28)32(35)37)29(4-2)34(22-26-12-9-21-38-26)30(36)20-17-24-10-5-6-11-24/h7-9,12-16,18-19,21,24,29H,3-6,10-11,17,20,22H2,1-2H3. The molecule has 6 heteroatoms. The van der Waals surface area contributed by atoms with Gasteiger partial charge in [-0.25, -0.2) is 4.98 Å². The second-order valence-electron chi connectivity index (χ2n) is 10.4. The summed E-state index contributed by atoms with van der Waals surface area (Å²) < 4.78 is 7.38. The van der Waals surface area contributed by atoms with Crippen molar-refractivity contribution < 1.29 is 9.21 Å². The number of fused-ring (bicyclic) bond motifs is 1. The number of amides is 1. The molecule has 1 saturated carbocycles. The van der Waals surface area contributed by atoms with Crippen molar-refractivity contribution in [3.63, 3.8) is 0 Å². The molecular weight excluding hydrogens is 474 g/mol. The molecule has 0 bridgehead atoms. The van der Waals surface area contributed by atoms with Gasteiger partial charge in [0.25, 0.3) is 5.56 Å². The molecule has 5 rings (SSSR count). The summed E-state index contributed by atoms with van der Waals surface area (Å²) in [4.78, 5) is 34.7. The molecule has 1 atom stereocenters. The lowest BCUT2D eigenvalue weighted by Gasteiger charge is -2.32. The number of hydrogen-bond donors (Lipinski definition) is 0. The first-order valence-electron chi connectivity index (χ1n) is 14.0. The summed E-state index contributed by atoms with van der Waals surface area (Å²) in [6.07, 6.45) is 9.51. The van der Waals surface area contributed by atoms with Crippen LogP contribution in [0.15, 0.2) is 76.1 Å². The highest BCUT2D eigenvalue weighted by Gasteiger charge is 2.30. The normalized spacial score (nSPS) is 14.7. The Balaban J connectivity index is 1.60. The molecule has 1 aliphatic rings. The first kappa shape index (κ1) is 26.0. The molecule has 198 valence electrons. The van der Waals surface area contributed by atoms with Crippen LogP contribution in [0.2, 0.25) is 0 Å². The summed E-state index contributed by atoms with van der Waals surface area (Å²) in [5.74, 6) is 2.01. The minimum absolute atomic E-state index is 0.0791. The largest absolute Gasteiger partial charge is 0.467 e. The monoisotopic (exact) mass is 511 g/mol. The number of carbonyl (C=O) groups is 1. The molecule has 4 aromatic rings. The van der Waals surface area contributed by atoms with Crippen molar-refractivity contribution in [1.29, 1.82) is 0 Å². The minimum Gasteiger partial charge on any atom is -0.467 e. The van der Waals surface area contributed by atoms with E-state index < -0.39 is 0 Å². The molecule has 1 amide bonds. The Bertz CT molecular complexity index is 1420. The van der Waals surface area contributed by atoms with Crippen molar-refractivity contribution in [2.24, 2.45) is 5.92 Å². The van der Waals surface area contributed by atoms with E-state index in [0.717, 1.165) is 24.3 Å². The van der Waals surface area contributed by atoms with Crippen molar-refractivity contribution in [1.82, 2.24) is 14.5 Å². The second kappa shape index (κ2) is 11.8. The van der Waals surface area contributed by atoms with Crippen LogP contribution >= 0.6 is 0 Å². The molecule has 0 radical (unpaired) electrons. The molecule has 1 aliphatic carbocycles. The zero-order valence-electron chi connectivity index (χ0n) is 22.4. The van der Waals surface area contributed by atoms with E-state index in [1.807, 2.05) is 53.4 Å². The lowest BCUT2D eigenvalue weighted by atomic mass is 10.0. The van der Waals surface area contributed by atoms with Gasteiger partial charge in [0, 0.05) is 6.42 Å². The molecule has 2 aromatic heterocycles. The maximum atomic E-state index is 13.9. The fraction of sp³-hybridized carbons (Fsp3) is 0.406. The smallest absolute Gasteiger partial charge is 0.266 e. The van der Waals surface area contributed by atoms with Crippen LogP contribution in [0.1, 0.15) is 82.0 Å². The van der Waals surface area contributed by atoms with Gasteiger partial charge in [-0.1, -0.05) is 63.8 Å². The lowest BCUT2D eigenvalue weighted by molar-refractivity contribution is -0.135. The van der Waals surface area contributed by atoms with E-state index in [2.05, 4.69) is 26.0 Å². The summed E-state index contributed by atoms with van der Waals surface area (Å²) >= 11 is 0. The summed E-state index contributed by atoms with van der Waals surface area (Å²) in [5.41, 5.74) is 2.48. The third-order valence-corrected chi connectivity index (χ3v) is 7.93. The van der Waals surface area contributed by atoms with Gasteiger partial charge in [0.15, 0.2) is 0 Å². The number of hydrogen-bond acceptors (Lipinski definition) is 4. The van der Waals surface area contributed by atoms with Crippen molar-refractivity contribution in [3.05, 3.63) is 94.4 Å². The Hall–Kier alpha value is -3.67. The van der Waals surface area contributed by atoms with Gasteiger partial charge in [-0.15, -0.1) is 0 Å². The Morgan fingerprint density at radius 2 is 1.82 bits per heavy atom. The molecule has 1 fully saturated rings. The van der Waals surface area contributed by atoms with Crippen molar-refractivity contribution >= 4 is 16.8 Å². The molecule has 2 aromatic carbocycles. The van der Waals surface area contributed by atoms with E-state index in [0.29, 0.717) is 42.0 Å². The number of carbonyl (C=O) groups excluding carboxylic acids is 1. The SMILES string of the molecule is CCc1ccc(-n2c(C(CC)N(Cc3ccco3)C(=O)CCC3CCCC3)nc3ccccc3c2=O)cc1. The van der Waals surface area contributed by atoms with Gasteiger partial charge in [-0.2, -0.15) is 0 Å². The second-order valence-corrected chi connectivity index (χ2v) is 10.4. The number of benzene rings is 2. The van der Waals surface area contributed by atoms with Gasteiger partial charge < -0.3 is 9.32 Å². The molecule has 6 nitrogen and oxygen atoms in total. The first-order valence-corrected chi connectivity index (χ1v) is 14.0. The maximum Gasteiger partial charge on any atom is 0.266 e. The molecule has 0 aliphatic heterocycles. The molecule has 0 spiro atoms. The quantitative estimate of drug-likeness (QED) is 0.230. The summed E-state index contributed by atoms with van der Waals surface area (Å²) in [5, 5.41) is 0.566. The Morgan fingerprint density at radius 1 is 1.05 bits per heavy atom. The summed E-state index contributed by atoms with van der Waals surface area (Å²) in [7, 11) is 0. The van der Waals surface area contributed by atoms with Crippen molar-refractivity contribution in [2.45, 2.75) is 77.8 Å². The van der Waals surface area contributed by atoms with E-state index in [1.165, 1.54) is 31.2 Å². The lowest BCUT2D eigenvalue weighted by Crippen LogP contribution is -2.38. The Kier molecular flexibility index (Phi) is 8.06. The molecule has 1 unspecified atom stereocenters. The molecule has 38 heavy (non-hydrogen) atoms. The number of rotatable bonds is 10. The first-order chi connectivity index (χ1) is 18.6. The van der Waals surface area contributed by atoms with Crippen LogP contribution in [0.3, 0.4) is 0 Å². The maximum absolute atomic E-state index is 13.9. The molecule has 2 heterocycles. The van der Waals surface area contributed by atoms with Gasteiger partial charge in [-0.3, -0.25) is 14.2 Å². The van der Waals surface area contributed by atoms with Crippen LogP contribution in [0.4, 0.5) is 0 Å². The van der Waals surface area contributed by atoms with E-state index in [9.17, 15) is 9.59 Å². The zero-order chi connectivity index (χ0) is 26.5. The van der Waals surface area contributed by atoms with E-state index >= 15 is 0 Å². The van der Waals surface area contributed by atoms with Gasteiger partial charge in [-0.05, 0) is 67.1 Å². The van der Waals surface area contributed by atoms with E-state index in [1.54, 1.807) is 10.8 Å². The highest BCUT2D eigenvalue weighted by Crippen LogP contribution is 2.32. The van der Waals surface area contributed by atoms with Crippen LogP contribution in [-0.2, 0) is 17.8 Å². The molecular formula is C32H37N3O3. The third kappa shape index (κ3) is 5.45. The predicted molar refractivity (Wildman–Crippen MR) is 150 cm³/mol. The average Bonchev–Trinajstić information content (AvgIpc) is 3.67. The van der Waals surface area contributed by atoms with E-state index in [-0.39, 0.29) is 17.5 Å². The minimum atomic E-state index is -0.390. The fourth-order valence-corrected chi connectivity index (χ4v) is 5.76. The summed E-state index contributed by atoms with van der Waals surface area (Å²) in [6.45, 7) is 4.50.